The number of methoxy groups -OCH3 is 3. The maximum Gasteiger partial charge on any atom is 0.204 e. The lowest BCUT2D eigenvalue weighted by Gasteiger charge is -2.14. The van der Waals surface area contributed by atoms with Gasteiger partial charge in [0.15, 0.2) is 23.1 Å². The summed E-state index contributed by atoms with van der Waals surface area (Å²) in [4.78, 5) is 4.52. The van der Waals surface area contributed by atoms with E-state index in [9.17, 15) is 0 Å². The summed E-state index contributed by atoms with van der Waals surface area (Å²) < 4.78 is 16.2. The molecule has 25 heavy (non-hydrogen) atoms. The van der Waals surface area contributed by atoms with Crippen LogP contribution >= 0.6 is 0 Å². The van der Waals surface area contributed by atoms with E-state index in [0.717, 1.165) is 5.56 Å². The molecule has 3 aromatic rings. The highest BCUT2D eigenvalue weighted by molar-refractivity contribution is 5.73. The number of nitriles is 1. The van der Waals surface area contributed by atoms with Crippen molar-refractivity contribution in [2.75, 3.05) is 21.3 Å². The van der Waals surface area contributed by atoms with E-state index in [1.54, 1.807) is 51.7 Å². The maximum absolute atomic E-state index is 8.88. The molecule has 0 aliphatic carbocycles. The van der Waals surface area contributed by atoms with Crippen molar-refractivity contribution in [3.05, 3.63) is 42.0 Å². The van der Waals surface area contributed by atoms with Crippen molar-refractivity contribution in [2.24, 2.45) is 0 Å². The van der Waals surface area contributed by atoms with Crippen LogP contribution in [0.5, 0.6) is 17.2 Å². The molecular formula is C18H16N4O3. The van der Waals surface area contributed by atoms with Crippen LogP contribution in [-0.2, 0) is 0 Å². The lowest BCUT2D eigenvalue weighted by molar-refractivity contribution is 0.325. The van der Waals surface area contributed by atoms with E-state index < -0.39 is 0 Å². The molecule has 0 spiro atoms. The number of hydrogen-bond acceptors (Lipinski definition) is 6. The van der Waals surface area contributed by atoms with E-state index in [4.69, 9.17) is 19.5 Å². The standard InChI is InChI=1S/C18H16N4O3/c1-23-14-9-8-13(15(24-2)16(14)25-3)18-20-17(21-22-18)12-6-4-11(10-19)5-7-12/h4-9H,1-3H3,(H,20,21,22). The van der Waals surface area contributed by atoms with Gasteiger partial charge >= 0.3 is 0 Å². The van der Waals surface area contributed by atoms with E-state index in [1.807, 2.05) is 6.07 Å². The van der Waals surface area contributed by atoms with Crippen LogP contribution < -0.4 is 14.2 Å². The summed E-state index contributed by atoms with van der Waals surface area (Å²) in [6, 6.07) is 12.7. The minimum atomic E-state index is 0.485. The molecule has 1 heterocycles. The summed E-state index contributed by atoms with van der Waals surface area (Å²) in [6.07, 6.45) is 0. The molecule has 0 aliphatic heterocycles. The average Bonchev–Trinajstić information content (AvgIpc) is 3.16. The van der Waals surface area contributed by atoms with Gasteiger partial charge in [-0.15, -0.1) is 0 Å². The molecule has 0 radical (unpaired) electrons. The van der Waals surface area contributed by atoms with Gasteiger partial charge in [-0.1, -0.05) is 0 Å². The van der Waals surface area contributed by atoms with E-state index in [1.165, 1.54) is 0 Å². The second-order valence-corrected chi connectivity index (χ2v) is 5.08. The number of nitrogens with zero attached hydrogens (tertiary/aromatic N) is 3. The Bertz CT molecular complexity index is 926. The second kappa shape index (κ2) is 6.93. The molecule has 0 saturated heterocycles. The van der Waals surface area contributed by atoms with E-state index in [2.05, 4.69) is 21.3 Å². The van der Waals surface area contributed by atoms with Crippen molar-refractivity contribution >= 4 is 0 Å². The summed E-state index contributed by atoms with van der Waals surface area (Å²) in [5, 5.41) is 16.0. The Kier molecular flexibility index (Phi) is 4.53. The molecule has 1 N–H and O–H groups in total. The minimum absolute atomic E-state index is 0.485. The van der Waals surface area contributed by atoms with Crippen molar-refractivity contribution in [1.29, 1.82) is 5.26 Å². The Hall–Kier alpha value is -3.53. The van der Waals surface area contributed by atoms with Crippen LogP contribution in [0, 0.1) is 11.3 Å². The van der Waals surface area contributed by atoms with Gasteiger partial charge in [0.25, 0.3) is 0 Å². The summed E-state index contributed by atoms with van der Waals surface area (Å²) in [5.41, 5.74) is 2.09. The van der Waals surface area contributed by atoms with Gasteiger partial charge in [-0.3, -0.25) is 5.10 Å². The van der Waals surface area contributed by atoms with Crippen molar-refractivity contribution in [2.45, 2.75) is 0 Å². The number of rotatable bonds is 5. The van der Waals surface area contributed by atoms with Gasteiger partial charge in [0.1, 0.15) is 0 Å². The fourth-order valence-electron chi connectivity index (χ4n) is 2.49. The van der Waals surface area contributed by atoms with Crippen LogP contribution in [0.25, 0.3) is 22.8 Å². The molecule has 0 aliphatic rings. The maximum atomic E-state index is 8.88. The third-order valence-electron chi connectivity index (χ3n) is 3.72. The third kappa shape index (κ3) is 2.97. The molecule has 126 valence electrons. The quantitative estimate of drug-likeness (QED) is 0.770. The smallest absolute Gasteiger partial charge is 0.204 e. The molecule has 2 aromatic carbocycles. The third-order valence-corrected chi connectivity index (χ3v) is 3.72. The zero-order chi connectivity index (χ0) is 17.8. The largest absolute Gasteiger partial charge is 0.493 e. The highest BCUT2D eigenvalue weighted by Gasteiger charge is 2.19. The van der Waals surface area contributed by atoms with Gasteiger partial charge in [-0.25, -0.2) is 4.98 Å². The summed E-state index contributed by atoms with van der Waals surface area (Å²) in [6.45, 7) is 0. The molecule has 0 fully saturated rings. The van der Waals surface area contributed by atoms with Crippen LogP contribution in [0.3, 0.4) is 0 Å². The van der Waals surface area contributed by atoms with E-state index in [-0.39, 0.29) is 0 Å². The zero-order valence-corrected chi connectivity index (χ0v) is 14.0. The highest BCUT2D eigenvalue weighted by atomic mass is 16.5. The fraction of sp³-hybridized carbons (Fsp3) is 0.167. The molecule has 7 heteroatoms. The van der Waals surface area contributed by atoms with Crippen molar-refractivity contribution in [1.82, 2.24) is 15.2 Å². The second-order valence-electron chi connectivity index (χ2n) is 5.08. The lowest BCUT2D eigenvalue weighted by Crippen LogP contribution is -1.97. The van der Waals surface area contributed by atoms with Crippen LogP contribution in [0.15, 0.2) is 36.4 Å². The molecular weight excluding hydrogens is 320 g/mol. The Morgan fingerprint density at radius 3 is 2.24 bits per heavy atom. The predicted octanol–water partition coefficient (Wildman–Crippen LogP) is 3.04. The normalized spacial score (nSPS) is 10.2. The number of aromatic amines is 1. The lowest BCUT2D eigenvalue weighted by atomic mass is 10.1. The van der Waals surface area contributed by atoms with Crippen LogP contribution in [-0.4, -0.2) is 36.5 Å². The number of hydrogen-bond donors (Lipinski definition) is 1. The summed E-state index contributed by atoms with van der Waals surface area (Å²) in [7, 11) is 4.67. The van der Waals surface area contributed by atoms with Gasteiger partial charge in [-0.05, 0) is 36.4 Å². The fourth-order valence-corrected chi connectivity index (χ4v) is 2.49. The average molecular weight is 336 g/mol. The Labute approximate surface area is 144 Å². The monoisotopic (exact) mass is 336 g/mol. The van der Waals surface area contributed by atoms with Crippen LogP contribution in [0.1, 0.15) is 5.56 Å². The number of aromatic nitrogens is 3. The number of benzene rings is 2. The van der Waals surface area contributed by atoms with Crippen molar-refractivity contribution in [3.63, 3.8) is 0 Å². The highest BCUT2D eigenvalue weighted by Crippen LogP contribution is 2.43. The molecule has 0 amide bonds. The van der Waals surface area contributed by atoms with Gasteiger partial charge in [0.2, 0.25) is 5.75 Å². The van der Waals surface area contributed by atoms with Gasteiger partial charge in [-0.2, -0.15) is 10.4 Å². The Morgan fingerprint density at radius 2 is 1.64 bits per heavy atom. The molecule has 7 nitrogen and oxygen atoms in total. The first-order chi connectivity index (χ1) is 12.2. The molecule has 0 bridgehead atoms. The zero-order valence-electron chi connectivity index (χ0n) is 14.0. The predicted molar refractivity (Wildman–Crippen MR) is 91.6 cm³/mol. The topological polar surface area (TPSA) is 93.1 Å². The van der Waals surface area contributed by atoms with E-state index in [0.29, 0.717) is 40.0 Å². The summed E-state index contributed by atoms with van der Waals surface area (Å²) >= 11 is 0. The van der Waals surface area contributed by atoms with Crippen molar-refractivity contribution in [3.8, 4) is 46.1 Å². The van der Waals surface area contributed by atoms with Crippen LogP contribution in [0.2, 0.25) is 0 Å². The van der Waals surface area contributed by atoms with Gasteiger partial charge in [0.05, 0.1) is 38.5 Å². The van der Waals surface area contributed by atoms with E-state index >= 15 is 0 Å². The van der Waals surface area contributed by atoms with Gasteiger partial charge < -0.3 is 14.2 Å². The molecule has 0 unspecified atom stereocenters. The van der Waals surface area contributed by atoms with Crippen molar-refractivity contribution < 1.29 is 14.2 Å². The first kappa shape index (κ1) is 16.3. The number of H-pyrrole nitrogens is 1. The van der Waals surface area contributed by atoms with Gasteiger partial charge in [0, 0.05) is 5.56 Å². The minimum Gasteiger partial charge on any atom is -0.493 e. The molecule has 1 aromatic heterocycles. The number of ether oxygens (including phenoxy) is 3. The Morgan fingerprint density at radius 1 is 0.920 bits per heavy atom. The Balaban J connectivity index is 2.03. The number of nitrogens with one attached hydrogen (secondary N) is 1. The summed E-state index contributed by atoms with van der Waals surface area (Å²) in [5.74, 6) is 2.62. The molecule has 0 saturated carbocycles. The van der Waals surface area contributed by atoms with Crippen LogP contribution in [0.4, 0.5) is 0 Å². The first-order valence-electron chi connectivity index (χ1n) is 7.44. The SMILES string of the molecule is COc1ccc(-c2nc(-c3ccc(C#N)cc3)n[nH]2)c(OC)c1OC. The first-order valence-corrected chi connectivity index (χ1v) is 7.44. The molecule has 0 atom stereocenters. The molecule has 3 rings (SSSR count).